The standard InChI is InChI=1S/C26H28N4O2.2ClH/c1-29(2)17-19-7-5-9-22(15-19)25-27-26(21-11-13-23(31-3)14-12-21)30(28-25)18-20-8-6-10-24(16-20)32-4;;/h5-16H,17-18H2,1-4H3;2*1H. The Morgan fingerprint density at radius 1 is 0.765 bits per heavy atom. The quantitative estimate of drug-likeness (QED) is 0.316. The van der Waals surface area contributed by atoms with E-state index in [2.05, 4.69) is 49.3 Å². The molecule has 8 heteroatoms. The second-order valence-corrected chi connectivity index (χ2v) is 7.93. The zero-order valence-corrected chi connectivity index (χ0v) is 21.4. The van der Waals surface area contributed by atoms with Crippen LogP contribution in [0.5, 0.6) is 11.5 Å². The summed E-state index contributed by atoms with van der Waals surface area (Å²) in [5.41, 5.74) is 4.31. The molecule has 0 saturated heterocycles. The van der Waals surface area contributed by atoms with Gasteiger partial charge < -0.3 is 14.4 Å². The van der Waals surface area contributed by atoms with Gasteiger partial charge in [0, 0.05) is 17.7 Å². The van der Waals surface area contributed by atoms with Gasteiger partial charge in [-0.3, -0.25) is 0 Å². The van der Waals surface area contributed by atoms with E-state index in [0.29, 0.717) is 12.4 Å². The lowest BCUT2D eigenvalue weighted by atomic mass is 10.1. The minimum absolute atomic E-state index is 0. The zero-order valence-electron chi connectivity index (χ0n) is 19.8. The summed E-state index contributed by atoms with van der Waals surface area (Å²) >= 11 is 0. The number of hydrogen-bond acceptors (Lipinski definition) is 5. The number of benzene rings is 3. The normalized spacial score (nSPS) is 10.4. The molecule has 0 N–H and O–H groups in total. The summed E-state index contributed by atoms with van der Waals surface area (Å²) in [6.07, 6.45) is 0. The lowest BCUT2D eigenvalue weighted by Gasteiger charge is -2.09. The molecule has 4 rings (SSSR count). The molecule has 0 amide bonds. The highest BCUT2D eigenvalue weighted by atomic mass is 35.5. The molecule has 1 aromatic heterocycles. The van der Waals surface area contributed by atoms with E-state index in [4.69, 9.17) is 19.6 Å². The molecule has 0 saturated carbocycles. The summed E-state index contributed by atoms with van der Waals surface area (Å²) in [5, 5.41) is 4.89. The largest absolute Gasteiger partial charge is 0.497 e. The fourth-order valence-electron chi connectivity index (χ4n) is 3.65. The molecule has 1 heterocycles. The van der Waals surface area contributed by atoms with Crippen molar-refractivity contribution in [2.24, 2.45) is 0 Å². The molecule has 0 spiro atoms. The van der Waals surface area contributed by atoms with Gasteiger partial charge in [-0.1, -0.05) is 30.3 Å². The summed E-state index contributed by atoms with van der Waals surface area (Å²) in [6.45, 7) is 1.45. The van der Waals surface area contributed by atoms with E-state index in [0.717, 1.165) is 40.6 Å². The summed E-state index contributed by atoms with van der Waals surface area (Å²) in [4.78, 5) is 7.08. The van der Waals surface area contributed by atoms with Gasteiger partial charge in [0.2, 0.25) is 0 Å². The first-order valence-corrected chi connectivity index (χ1v) is 10.5. The van der Waals surface area contributed by atoms with Crippen molar-refractivity contribution in [3.8, 4) is 34.3 Å². The Hall–Kier alpha value is -3.06. The van der Waals surface area contributed by atoms with Gasteiger partial charge in [0.05, 0.1) is 20.8 Å². The molecule has 6 nitrogen and oxygen atoms in total. The highest BCUT2D eigenvalue weighted by Crippen LogP contribution is 2.26. The molecule has 34 heavy (non-hydrogen) atoms. The van der Waals surface area contributed by atoms with Crippen LogP contribution in [0.3, 0.4) is 0 Å². The smallest absolute Gasteiger partial charge is 0.181 e. The first-order chi connectivity index (χ1) is 15.6. The molecule has 0 aliphatic carbocycles. The van der Waals surface area contributed by atoms with Crippen LogP contribution >= 0.6 is 24.8 Å². The SMILES string of the molecule is COc1ccc(-c2nc(-c3cccc(CN(C)C)c3)nn2Cc2cccc(OC)c2)cc1.Cl.Cl. The Bertz CT molecular complexity index is 1190. The molecule has 0 aliphatic rings. The predicted molar refractivity (Wildman–Crippen MR) is 141 cm³/mol. The average Bonchev–Trinajstić information content (AvgIpc) is 3.22. The van der Waals surface area contributed by atoms with Gasteiger partial charge in [-0.25, -0.2) is 9.67 Å². The summed E-state index contributed by atoms with van der Waals surface area (Å²) in [7, 11) is 7.47. The van der Waals surface area contributed by atoms with Gasteiger partial charge in [-0.05, 0) is 67.7 Å². The molecule has 0 atom stereocenters. The van der Waals surface area contributed by atoms with E-state index < -0.39 is 0 Å². The maximum absolute atomic E-state index is 5.39. The number of hydrogen-bond donors (Lipinski definition) is 0. The second kappa shape index (κ2) is 12.4. The van der Waals surface area contributed by atoms with Gasteiger partial charge in [-0.2, -0.15) is 5.10 Å². The molecule has 3 aromatic carbocycles. The Labute approximate surface area is 213 Å². The van der Waals surface area contributed by atoms with Crippen molar-refractivity contribution in [2.45, 2.75) is 13.1 Å². The van der Waals surface area contributed by atoms with E-state index in [1.165, 1.54) is 5.56 Å². The highest BCUT2D eigenvalue weighted by molar-refractivity contribution is 5.85. The van der Waals surface area contributed by atoms with Crippen molar-refractivity contribution in [3.05, 3.63) is 83.9 Å². The average molecular weight is 501 g/mol. The maximum atomic E-state index is 5.39. The van der Waals surface area contributed by atoms with Gasteiger partial charge in [0.15, 0.2) is 11.6 Å². The molecule has 0 aliphatic heterocycles. The van der Waals surface area contributed by atoms with Crippen LogP contribution in [0.25, 0.3) is 22.8 Å². The summed E-state index contributed by atoms with van der Waals surface area (Å²) in [6, 6.07) is 24.3. The molecular formula is C26H30Cl2N4O2. The summed E-state index contributed by atoms with van der Waals surface area (Å²) in [5.74, 6) is 3.15. The van der Waals surface area contributed by atoms with Crippen molar-refractivity contribution in [1.29, 1.82) is 0 Å². The fraction of sp³-hybridized carbons (Fsp3) is 0.231. The van der Waals surface area contributed by atoms with Crippen LogP contribution < -0.4 is 9.47 Å². The van der Waals surface area contributed by atoms with Crippen LogP contribution in [0.15, 0.2) is 72.8 Å². The Kier molecular flexibility index (Phi) is 9.93. The monoisotopic (exact) mass is 500 g/mol. The van der Waals surface area contributed by atoms with Crippen LogP contribution in [0, 0.1) is 0 Å². The van der Waals surface area contributed by atoms with E-state index in [9.17, 15) is 0 Å². The third kappa shape index (κ3) is 6.50. The molecule has 180 valence electrons. The first-order valence-electron chi connectivity index (χ1n) is 10.5. The van der Waals surface area contributed by atoms with Gasteiger partial charge >= 0.3 is 0 Å². The number of ether oxygens (including phenoxy) is 2. The maximum Gasteiger partial charge on any atom is 0.181 e. The third-order valence-electron chi connectivity index (χ3n) is 5.17. The molecular weight excluding hydrogens is 471 g/mol. The molecule has 0 bridgehead atoms. The minimum atomic E-state index is 0. The Balaban J connectivity index is 0.00000204. The van der Waals surface area contributed by atoms with Crippen molar-refractivity contribution < 1.29 is 9.47 Å². The van der Waals surface area contributed by atoms with E-state index in [-0.39, 0.29) is 24.8 Å². The van der Waals surface area contributed by atoms with Gasteiger partial charge in [0.25, 0.3) is 0 Å². The van der Waals surface area contributed by atoms with Crippen molar-refractivity contribution >= 4 is 24.8 Å². The highest BCUT2D eigenvalue weighted by Gasteiger charge is 2.15. The Morgan fingerprint density at radius 3 is 2.12 bits per heavy atom. The third-order valence-corrected chi connectivity index (χ3v) is 5.17. The first kappa shape index (κ1) is 27.2. The number of aromatic nitrogens is 3. The summed E-state index contributed by atoms with van der Waals surface area (Å²) < 4.78 is 12.7. The van der Waals surface area contributed by atoms with Crippen LogP contribution in [0.2, 0.25) is 0 Å². The van der Waals surface area contributed by atoms with Crippen LogP contribution in [0.1, 0.15) is 11.1 Å². The van der Waals surface area contributed by atoms with Crippen LogP contribution in [-0.2, 0) is 13.1 Å². The molecule has 0 fully saturated rings. The predicted octanol–water partition coefficient (Wildman–Crippen LogP) is 5.58. The zero-order chi connectivity index (χ0) is 22.5. The van der Waals surface area contributed by atoms with Crippen LogP contribution in [-0.4, -0.2) is 48.0 Å². The van der Waals surface area contributed by atoms with E-state index in [1.807, 2.05) is 47.1 Å². The van der Waals surface area contributed by atoms with E-state index in [1.54, 1.807) is 14.2 Å². The number of halogens is 2. The molecule has 0 radical (unpaired) electrons. The topological polar surface area (TPSA) is 52.4 Å². The fourth-order valence-corrected chi connectivity index (χ4v) is 3.65. The number of methoxy groups -OCH3 is 2. The Morgan fingerprint density at radius 2 is 1.44 bits per heavy atom. The van der Waals surface area contributed by atoms with Crippen molar-refractivity contribution in [2.75, 3.05) is 28.3 Å². The van der Waals surface area contributed by atoms with Crippen LogP contribution in [0.4, 0.5) is 0 Å². The van der Waals surface area contributed by atoms with Gasteiger partial charge in [0.1, 0.15) is 11.5 Å². The number of nitrogens with zero attached hydrogens (tertiary/aromatic N) is 4. The second-order valence-electron chi connectivity index (χ2n) is 7.93. The van der Waals surface area contributed by atoms with Gasteiger partial charge in [-0.15, -0.1) is 24.8 Å². The van der Waals surface area contributed by atoms with Crippen molar-refractivity contribution in [3.63, 3.8) is 0 Å². The molecule has 4 aromatic rings. The van der Waals surface area contributed by atoms with Crippen molar-refractivity contribution in [1.82, 2.24) is 19.7 Å². The minimum Gasteiger partial charge on any atom is -0.497 e. The lowest BCUT2D eigenvalue weighted by molar-refractivity contribution is 0.402. The van der Waals surface area contributed by atoms with E-state index >= 15 is 0 Å². The lowest BCUT2D eigenvalue weighted by Crippen LogP contribution is -2.10. The molecule has 0 unspecified atom stereocenters. The number of rotatable bonds is 8.